The highest BCUT2D eigenvalue weighted by Gasteiger charge is 2.35. The maximum atomic E-state index is 6.13. The lowest BCUT2D eigenvalue weighted by molar-refractivity contribution is -0.0119. The molecule has 2 aliphatic rings. The summed E-state index contributed by atoms with van der Waals surface area (Å²) in [5.41, 5.74) is 6.25. The molecular formula is C11H22N2O. The number of ether oxygens (including phenoxy) is 1. The van der Waals surface area contributed by atoms with E-state index in [0.717, 1.165) is 13.2 Å². The fourth-order valence-corrected chi connectivity index (χ4v) is 2.26. The van der Waals surface area contributed by atoms with Crippen molar-refractivity contribution >= 4 is 0 Å². The molecule has 2 fully saturated rings. The molecule has 0 bridgehead atoms. The number of rotatable bonds is 5. The van der Waals surface area contributed by atoms with Crippen LogP contribution in [0.25, 0.3) is 0 Å². The zero-order valence-electron chi connectivity index (χ0n) is 9.09. The summed E-state index contributed by atoms with van der Waals surface area (Å²) < 4.78 is 5.51. The monoisotopic (exact) mass is 198 g/mol. The van der Waals surface area contributed by atoms with E-state index in [4.69, 9.17) is 10.5 Å². The van der Waals surface area contributed by atoms with E-state index in [-0.39, 0.29) is 5.54 Å². The third-order valence-electron chi connectivity index (χ3n) is 3.59. The van der Waals surface area contributed by atoms with Crippen molar-refractivity contribution in [2.24, 2.45) is 5.73 Å². The van der Waals surface area contributed by atoms with Gasteiger partial charge in [0, 0.05) is 24.7 Å². The molecule has 2 rings (SSSR count). The molecule has 0 amide bonds. The maximum Gasteiger partial charge on any atom is 0.0604 e. The molecule has 0 unspecified atom stereocenters. The predicted molar refractivity (Wildman–Crippen MR) is 57.2 cm³/mol. The Morgan fingerprint density at radius 3 is 2.64 bits per heavy atom. The lowest BCUT2D eigenvalue weighted by atomic mass is 9.77. The topological polar surface area (TPSA) is 47.3 Å². The van der Waals surface area contributed by atoms with Crippen molar-refractivity contribution in [1.82, 2.24) is 5.32 Å². The summed E-state index contributed by atoms with van der Waals surface area (Å²) in [6.07, 6.45) is 6.55. The molecule has 0 spiro atoms. The standard InChI is InChI=1S/C11H22N2O/c1-2-14-10-6-9(7-10)13-8-11(12)4-3-5-11/h9-10,13H,2-8,12H2,1H3. The zero-order valence-corrected chi connectivity index (χ0v) is 9.09. The summed E-state index contributed by atoms with van der Waals surface area (Å²) >= 11 is 0. The van der Waals surface area contributed by atoms with Crippen LogP contribution >= 0.6 is 0 Å². The van der Waals surface area contributed by atoms with Gasteiger partial charge in [0.25, 0.3) is 0 Å². The van der Waals surface area contributed by atoms with E-state index in [0.29, 0.717) is 12.1 Å². The Hall–Kier alpha value is -0.120. The molecule has 0 aliphatic heterocycles. The number of nitrogens with two attached hydrogens (primary N) is 1. The van der Waals surface area contributed by atoms with Crippen LogP contribution in [0.15, 0.2) is 0 Å². The molecule has 14 heavy (non-hydrogen) atoms. The van der Waals surface area contributed by atoms with E-state index >= 15 is 0 Å². The average molecular weight is 198 g/mol. The van der Waals surface area contributed by atoms with Gasteiger partial charge in [-0.05, 0) is 39.0 Å². The molecule has 3 nitrogen and oxygen atoms in total. The van der Waals surface area contributed by atoms with Gasteiger partial charge in [0.05, 0.1) is 6.10 Å². The van der Waals surface area contributed by atoms with Crippen molar-refractivity contribution in [3.8, 4) is 0 Å². The van der Waals surface area contributed by atoms with Crippen molar-refractivity contribution in [3.63, 3.8) is 0 Å². The first kappa shape index (κ1) is 10.4. The van der Waals surface area contributed by atoms with Gasteiger partial charge in [0.15, 0.2) is 0 Å². The fourth-order valence-electron chi connectivity index (χ4n) is 2.26. The minimum Gasteiger partial charge on any atom is -0.378 e. The molecule has 0 radical (unpaired) electrons. The van der Waals surface area contributed by atoms with Gasteiger partial charge < -0.3 is 15.8 Å². The van der Waals surface area contributed by atoms with Crippen LogP contribution in [-0.2, 0) is 4.74 Å². The second-order valence-corrected chi connectivity index (χ2v) is 4.84. The Balaban J connectivity index is 1.56. The van der Waals surface area contributed by atoms with Crippen molar-refractivity contribution in [2.75, 3.05) is 13.2 Å². The summed E-state index contributed by atoms with van der Waals surface area (Å²) in [5.74, 6) is 0. The summed E-state index contributed by atoms with van der Waals surface area (Å²) in [6, 6.07) is 0.660. The fraction of sp³-hybridized carbons (Fsp3) is 1.00. The van der Waals surface area contributed by atoms with Gasteiger partial charge in [0.1, 0.15) is 0 Å². The smallest absolute Gasteiger partial charge is 0.0604 e. The molecule has 3 N–H and O–H groups in total. The van der Waals surface area contributed by atoms with Gasteiger partial charge in [0.2, 0.25) is 0 Å². The highest BCUT2D eigenvalue weighted by Crippen LogP contribution is 2.29. The van der Waals surface area contributed by atoms with Gasteiger partial charge in [-0.15, -0.1) is 0 Å². The SMILES string of the molecule is CCOC1CC(NCC2(N)CCC2)C1. The van der Waals surface area contributed by atoms with E-state index in [2.05, 4.69) is 12.2 Å². The Kier molecular flexibility index (Phi) is 3.10. The lowest BCUT2D eigenvalue weighted by Crippen LogP contribution is -2.58. The normalized spacial score (nSPS) is 34.7. The Morgan fingerprint density at radius 1 is 1.43 bits per heavy atom. The molecule has 3 heteroatoms. The van der Waals surface area contributed by atoms with Gasteiger partial charge in [-0.25, -0.2) is 0 Å². The summed E-state index contributed by atoms with van der Waals surface area (Å²) in [5, 5.41) is 3.54. The highest BCUT2D eigenvalue weighted by molar-refractivity contribution is 4.97. The largest absolute Gasteiger partial charge is 0.378 e. The average Bonchev–Trinajstić information content (AvgIpc) is 2.05. The molecule has 82 valence electrons. The van der Waals surface area contributed by atoms with E-state index in [9.17, 15) is 0 Å². The number of hydrogen-bond acceptors (Lipinski definition) is 3. The lowest BCUT2D eigenvalue weighted by Gasteiger charge is -2.42. The van der Waals surface area contributed by atoms with Crippen LogP contribution < -0.4 is 11.1 Å². The Bertz CT molecular complexity index is 186. The first-order chi connectivity index (χ1) is 6.72. The zero-order chi connectivity index (χ0) is 10.0. The van der Waals surface area contributed by atoms with E-state index in [1.807, 2.05) is 0 Å². The highest BCUT2D eigenvalue weighted by atomic mass is 16.5. The molecule has 2 aliphatic carbocycles. The van der Waals surface area contributed by atoms with Gasteiger partial charge >= 0.3 is 0 Å². The van der Waals surface area contributed by atoms with Crippen molar-refractivity contribution < 1.29 is 4.74 Å². The molecular weight excluding hydrogens is 176 g/mol. The molecule has 0 heterocycles. The van der Waals surface area contributed by atoms with Crippen LogP contribution in [0.3, 0.4) is 0 Å². The quantitative estimate of drug-likeness (QED) is 0.693. The molecule has 0 aromatic carbocycles. The second kappa shape index (κ2) is 4.17. The van der Waals surface area contributed by atoms with Crippen LogP contribution in [0, 0.1) is 0 Å². The van der Waals surface area contributed by atoms with Crippen LogP contribution in [0.4, 0.5) is 0 Å². The first-order valence-corrected chi connectivity index (χ1v) is 5.86. The van der Waals surface area contributed by atoms with Crippen LogP contribution in [0.2, 0.25) is 0 Å². The van der Waals surface area contributed by atoms with Gasteiger partial charge in [-0.1, -0.05) is 0 Å². The third-order valence-corrected chi connectivity index (χ3v) is 3.59. The summed E-state index contributed by atoms with van der Waals surface area (Å²) in [4.78, 5) is 0. The second-order valence-electron chi connectivity index (χ2n) is 4.84. The molecule has 0 aromatic rings. The van der Waals surface area contributed by atoms with Crippen LogP contribution in [0.5, 0.6) is 0 Å². The molecule has 0 saturated heterocycles. The van der Waals surface area contributed by atoms with E-state index < -0.39 is 0 Å². The van der Waals surface area contributed by atoms with Crippen LogP contribution in [-0.4, -0.2) is 30.8 Å². The van der Waals surface area contributed by atoms with Crippen molar-refractivity contribution in [1.29, 1.82) is 0 Å². The summed E-state index contributed by atoms with van der Waals surface area (Å²) in [6.45, 7) is 3.90. The minimum absolute atomic E-state index is 0.122. The van der Waals surface area contributed by atoms with Crippen molar-refractivity contribution in [2.45, 2.75) is 56.7 Å². The molecule has 0 aromatic heterocycles. The molecule has 0 atom stereocenters. The predicted octanol–water partition coefficient (Wildman–Crippen LogP) is 1.02. The van der Waals surface area contributed by atoms with E-state index in [1.165, 1.54) is 32.1 Å². The maximum absolute atomic E-state index is 6.13. The first-order valence-electron chi connectivity index (χ1n) is 5.86. The molecule has 2 saturated carbocycles. The Morgan fingerprint density at radius 2 is 2.14 bits per heavy atom. The summed E-state index contributed by atoms with van der Waals surface area (Å²) in [7, 11) is 0. The minimum atomic E-state index is 0.122. The number of nitrogens with one attached hydrogen (secondary N) is 1. The third kappa shape index (κ3) is 2.27. The van der Waals surface area contributed by atoms with Crippen molar-refractivity contribution in [3.05, 3.63) is 0 Å². The Labute approximate surface area is 86.4 Å². The number of hydrogen-bond donors (Lipinski definition) is 2. The van der Waals surface area contributed by atoms with Gasteiger partial charge in [-0.2, -0.15) is 0 Å². The van der Waals surface area contributed by atoms with Gasteiger partial charge in [-0.3, -0.25) is 0 Å². The van der Waals surface area contributed by atoms with Crippen LogP contribution in [0.1, 0.15) is 39.0 Å². The van der Waals surface area contributed by atoms with E-state index in [1.54, 1.807) is 0 Å².